The molecule has 0 unspecified atom stereocenters. The highest BCUT2D eigenvalue weighted by molar-refractivity contribution is 6.11. The van der Waals surface area contributed by atoms with E-state index in [1.807, 2.05) is 0 Å². The van der Waals surface area contributed by atoms with Crippen molar-refractivity contribution >= 4 is 5.78 Å². The number of ether oxygens (including phenoxy) is 1. The van der Waals surface area contributed by atoms with Crippen molar-refractivity contribution in [3.8, 4) is 29.4 Å². The zero-order valence-corrected chi connectivity index (χ0v) is 8.63. The Morgan fingerprint density at radius 3 is 2.67 bits per heavy atom. The summed E-state index contributed by atoms with van der Waals surface area (Å²) >= 11 is 0. The molecule has 0 spiro atoms. The van der Waals surface area contributed by atoms with Crippen molar-refractivity contribution in [2.24, 2.45) is 0 Å². The maximum absolute atomic E-state index is 11.6. The van der Waals surface area contributed by atoms with E-state index in [0.29, 0.717) is 11.3 Å². The molecule has 0 aliphatic heterocycles. The van der Waals surface area contributed by atoms with E-state index < -0.39 is 0 Å². The average molecular weight is 198 g/mol. The number of hydrogen-bond donors (Lipinski definition) is 0. The lowest BCUT2D eigenvalue weighted by atomic mass is 10.1. The highest BCUT2D eigenvalue weighted by atomic mass is 16.5. The van der Waals surface area contributed by atoms with Crippen LogP contribution in [0, 0.1) is 23.7 Å². The highest BCUT2D eigenvalue weighted by Gasteiger charge is 2.07. The van der Waals surface area contributed by atoms with Gasteiger partial charge in [0.2, 0.25) is 5.78 Å². The largest absolute Gasteiger partial charge is 0.496 e. The van der Waals surface area contributed by atoms with Crippen molar-refractivity contribution in [2.45, 2.75) is 6.92 Å². The number of Topliss-reactive ketones (excluding diaryl/α,β-unsaturated/α-hetero) is 1. The van der Waals surface area contributed by atoms with Gasteiger partial charge < -0.3 is 4.74 Å². The fraction of sp³-hybridized carbons (Fsp3) is 0.154. The standard InChI is InChI=1S/C13H10O2/c1-3-4-5-9-12(14)11-8-6-7-10-13(11)15-2/h6-8,10H,1-2H3. The zero-order chi connectivity index (χ0) is 11.1. The van der Waals surface area contributed by atoms with Crippen LogP contribution in [0.25, 0.3) is 0 Å². The predicted molar refractivity (Wildman–Crippen MR) is 58.6 cm³/mol. The fourth-order valence-corrected chi connectivity index (χ4v) is 1.05. The summed E-state index contributed by atoms with van der Waals surface area (Å²) in [6.45, 7) is 1.67. The summed E-state index contributed by atoms with van der Waals surface area (Å²) in [5.41, 5.74) is 0.463. The van der Waals surface area contributed by atoms with Crippen LogP contribution in [0.15, 0.2) is 24.3 Å². The Bertz CT molecular complexity index is 478. The number of carbonyl (C=O) groups is 1. The van der Waals surface area contributed by atoms with Gasteiger partial charge in [0.1, 0.15) is 5.75 Å². The number of methoxy groups -OCH3 is 1. The minimum atomic E-state index is -0.282. The Kier molecular flexibility index (Phi) is 4.01. The molecule has 0 amide bonds. The Morgan fingerprint density at radius 2 is 2.00 bits per heavy atom. The molecule has 0 aromatic heterocycles. The van der Waals surface area contributed by atoms with Gasteiger partial charge in [-0.2, -0.15) is 0 Å². The second kappa shape index (κ2) is 5.52. The van der Waals surface area contributed by atoms with Gasteiger partial charge in [-0.3, -0.25) is 4.79 Å². The van der Waals surface area contributed by atoms with Gasteiger partial charge in [0.05, 0.1) is 12.7 Å². The van der Waals surface area contributed by atoms with E-state index in [9.17, 15) is 4.79 Å². The molecular weight excluding hydrogens is 188 g/mol. The molecule has 1 aromatic carbocycles. The van der Waals surface area contributed by atoms with Crippen molar-refractivity contribution in [3.63, 3.8) is 0 Å². The molecule has 1 rings (SSSR count). The Balaban J connectivity index is 3.00. The average Bonchev–Trinajstić information content (AvgIpc) is 2.29. The van der Waals surface area contributed by atoms with Gasteiger partial charge in [0.15, 0.2) is 0 Å². The molecule has 0 heterocycles. The molecule has 0 aliphatic carbocycles. The van der Waals surface area contributed by atoms with Gasteiger partial charge >= 0.3 is 0 Å². The van der Waals surface area contributed by atoms with Gasteiger partial charge in [0.25, 0.3) is 0 Å². The lowest BCUT2D eigenvalue weighted by Gasteiger charge is -2.02. The van der Waals surface area contributed by atoms with Crippen LogP contribution in [-0.2, 0) is 0 Å². The Hall–Kier alpha value is -2.19. The molecule has 15 heavy (non-hydrogen) atoms. The van der Waals surface area contributed by atoms with Gasteiger partial charge in [-0.15, -0.1) is 0 Å². The van der Waals surface area contributed by atoms with Crippen LogP contribution in [0.3, 0.4) is 0 Å². The molecule has 0 radical (unpaired) electrons. The van der Waals surface area contributed by atoms with E-state index in [1.165, 1.54) is 7.11 Å². The molecule has 0 aliphatic rings. The second-order valence-corrected chi connectivity index (χ2v) is 2.65. The van der Waals surface area contributed by atoms with Crippen LogP contribution in [-0.4, -0.2) is 12.9 Å². The third-order valence-corrected chi connectivity index (χ3v) is 1.72. The minimum Gasteiger partial charge on any atom is -0.496 e. The van der Waals surface area contributed by atoms with Crippen molar-refractivity contribution < 1.29 is 9.53 Å². The predicted octanol–water partition coefficient (Wildman–Crippen LogP) is 1.90. The van der Waals surface area contributed by atoms with Crippen LogP contribution in [0.1, 0.15) is 17.3 Å². The van der Waals surface area contributed by atoms with Gasteiger partial charge in [0, 0.05) is 0 Å². The highest BCUT2D eigenvalue weighted by Crippen LogP contribution is 2.17. The van der Waals surface area contributed by atoms with Crippen LogP contribution in [0.5, 0.6) is 5.75 Å². The number of rotatable bonds is 2. The van der Waals surface area contributed by atoms with Crippen LogP contribution in [0.4, 0.5) is 0 Å². The lowest BCUT2D eigenvalue weighted by molar-refractivity contribution is 0.105. The molecular formula is C13H10O2. The van der Waals surface area contributed by atoms with E-state index in [2.05, 4.69) is 23.7 Å². The minimum absolute atomic E-state index is 0.282. The third kappa shape index (κ3) is 2.90. The first-order chi connectivity index (χ1) is 7.29. The first-order valence-electron chi connectivity index (χ1n) is 4.39. The molecule has 0 atom stereocenters. The topological polar surface area (TPSA) is 26.3 Å². The molecule has 0 saturated heterocycles. The summed E-state index contributed by atoms with van der Waals surface area (Å²) in [5, 5.41) is 0. The summed E-state index contributed by atoms with van der Waals surface area (Å²) in [6, 6.07) is 6.97. The van der Waals surface area contributed by atoms with E-state index in [4.69, 9.17) is 4.74 Å². The summed E-state index contributed by atoms with van der Waals surface area (Å²) < 4.78 is 5.05. The van der Waals surface area contributed by atoms with Crippen LogP contribution < -0.4 is 4.74 Å². The maximum atomic E-state index is 11.6. The number of hydrogen-bond acceptors (Lipinski definition) is 2. The van der Waals surface area contributed by atoms with E-state index in [1.54, 1.807) is 31.2 Å². The second-order valence-electron chi connectivity index (χ2n) is 2.65. The first kappa shape index (κ1) is 10.9. The van der Waals surface area contributed by atoms with Crippen molar-refractivity contribution in [1.82, 2.24) is 0 Å². The van der Waals surface area contributed by atoms with Crippen molar-refractivity contribution in [3.05, 3.63) is 29.8 Å². The number of benzene rings is 1. The molecule has 2 nitrogen and oxygen atoms in total. The number of para-hydroxylation sites is 1. The molecule has 1 aromatic rings. The van der Waals surface area contributed by atoms with E-state index >= 15 is 0 Å². The molecule has 74 valence electrons. The Labute approximate surface area is 89.3 Å². The van der Waals surface area contributed by atoms with Gasteiger partial charge in [-0.25, -0.2) is 0 Å². The van der Waals surface area contributed by atoms with Gasteiger partial charge in [-0.1, -0.05) is 18.1 Å². The fourth-order valence-electron chi connectivity index (χ4n) is 1.05. The molecule has 0 saturated carbocycles. The monoisotopic (exact) mass is 198 g/mol. The summed E-state index contributed by atoms with van der Waals surface area (Å²) in [5.74, 6) is 10.3. The molecule has 2 heteroatoms. The normalized spacial score (nSPS) is 7.87. The summed E-state index contributed by atoms with van der Waals surface area (Å²) in [7, 11) is 1.52. The van der Waals surface area contributed by atoms with Crippen molar-refractivity contribution in [2.75, 3.05) is 7.11 Å². The summed E-state index contributed by atoms with van der Waals surface area (Å²) in [4.78, 5) is 11.6. The van der Waals surface area contributed by atoms with Gasteiger partial charge in [-0.05, 0) is 36.8 Å². The zero-order valence-electron chi connectivity index (χ0n) is 8.63. The lowest BCUT2D eigenvalue weighted by Crippen LogP contribution is -1.98. The van der Waals surface area contributed by atoms with Crippen molar-refractivity contribution in [1.29, 1.82) is 0 Å². The SMILES string of the molecule is CC#CC#CC(=O)c1ccccc1OC. The number of ketones is 1. The smallest absolute Gasteiger partial charge is 0.240 e. The maximum Gasteiger partial charge on any atom is 0.240 e. The quantitative estimate of drug-likeness (QED) is 0.412. The first-order valence-corrected chi connectivity index (χ1v) is 4.39. The number of carbonyl (C=O) groups excluding carboxylic acids is 1. The molecule has 0 N–H and O–H groups in total. The van der Waals surface area contributed by atoms with E-state index in [-0.39, 0.29) is 5.78 Å². The van der Waals surface area contributed by atoms with Crippen LogP contribution in [0.2, 0.25) is 0 Å². The summed E-state index contributed by atoms with van der Waals surface area (Å²) in [6.07, 6.45) is 0. The third-order valence-electron chi connectivity index (χ3n) is 1.72. The Morgan fingerprint density at radius 1 is 1.27 bits per heavy atom. The molecule has 0 fully saturated rings. The van der Waals surface area contributed by atoms with E-state index in [0.717, 1.165) is 0 Å². The molecule has 0 bridgehead atoms. The van der Waals surface area contributed by atoms with Crippen LogP contribution >= 0.6 is 0 Å².